The maximum Gasteiger partial charge on any atom is 0.308 e. The van der Waals surface area contributed by atoms with E-state index in [9.17, 15) is 4.79 Å². The molecule has 3 heteroatoms. The molecule has 0 aromatic rings. The fourth-order valence-corrected chi connectivity index (χ4v) is 1.89. The second kappa shape index (κ2) is 3.90. The molecule has 0 bridgehead atoms. The molecule has 0 spiro atoms. The largest absolute Gasteiger partial charge is 0.481 e. The van der Waals surface area contributed by atoms with E-state index < -0.39 is 5.97 Å². The monoisotopic (exact) mass is 171 g/mol. The van der Waals surface area contributed by atoms with E-state index in [0.717, 1.165) is 19.4 Å². The summed E-state index contributed by atoms with van der Waals surface area (Å²) in [4.78, 5) is 10.8. The van der Waals surface area contributed by atoms with Gasteiger partial charge in [-0.25, -0.2) is 0 Å². The van der Waals surface area contributed by atoms with Gasteiger partial charge in [0.1, 0.15) is 0 Å². The Morgan fingerprint density at radius 2 is 2.25 bits per heavy atom. The summed E-state index contributed by atoms with van der Waals surface area (Å²) in [5.74, 6) is -0.425. The van der Waals surface area contributed by atoms with Crippen molar-refractivity contribution in [3.63, 3.8) is 0 Å². The van der Waals surface area contributed by atoms with E-state index in [1.807, 2.05) is 0 Å². The van der Waals surface area contributed by atoms with Crippen molar-refractivity contribution in [1.82, 2.24) is 5.32 Å². The van der Waals surface area contributed by atoms with Crippen molar-refractivity contribution < 1.29 is 9.90 Å². The third-order valence-electron chi connectivity index (χ3n) is 2.54. The predicted octanol–water partition coefficient (Wildman–Crippen LogP) is 1.10. The van der Waals surface area contributed by atoms with E-state index in [4.69, 9.17) is 5.11 Å². The minimum absolute atomic E-state index is 0.163. The Morgan fingerprint density at radius 3 is 2.67 bits per heavy atom. The molecule has 0 saturated carbocycles. The molecule has 0 aromatic carbocycles. The maximum absolute atomic E-state index is 10.8. The number of carbonyl (C=O) groups is 1. The van der Waals surface area contributed by atoms with Crippen LogP contribution in [-0.2, 0) is 4.79 Å². The number of rotatable bonds is 2. The van der Waals surface area contributed by atoms with E-state index in [1.165, 1.54) is 0 Å². The van der Waals surface area contributed by atoms with Crippen molar-refractivity contribution in [1.29, 1.82) is 0 Å². The molecule has 1 aliphatic rings. The summed E-state index contributed by atoms with van der Waals surface area (Å²) in [5, 5.41) is 12.2. The van der Waals surface area contributed by atoms with E-state index in [0.29, 0.717) is 5.92 Å². The molecule has 2 N–H and O–H groups in total. The highest BCUT2D eigenvalue weighted by Gasteiger charge is 2.32. The topological polar surface area (TPSA) is 49.3 Å². The van der Waals surface area contributed by atoms with Crippen LogP contribution in [0.1, 0.15) is 26.7 Å². The van der Waals surface area contributed by atoms with Gasteiger partial charge in [-0.1, -0.05) is 13.8 Å². The van der Waals surface area contributed by atoms with Crippen LogP contribution in [0, 0.1) is 11.8 Å². The standard InChI is InChI=1S/C9H17NO2/c1-6(2)8-7(9(11)12)4-3-5-10-8/h6-8,10H,3-5H2,1-2H3,(H,11,12)/t7-,8+/m0/s1. The molecular formula is C9H17NO2. The second-order valence-electron chi connectivity index (χ2n) is 3.81. The van der Waals surface area contributed by atoms with Crippen LogP contribution in [0.25, 0.3) is 0 Å². The molecule has 1 fully saturated rings. The van der Waals surface area contributed by atoms with Crippen LogP contribution >= 0.6 is 0 Å². The van der Waals surface area contributed by atoms with Gasteiger partial charge in [-0.3, -0.25) is 4.79 Å². The van der Waals surface area contributed by atoms with Crippen LogP contribution in [0.5, 0.6) is 0 Å². The predicted molar refractivity (Wildman–Crippen MR) is 47.0 cm³/mol. The average molecular weight is 171 g/mol. The molecule has 70 valence electrons. The van der Waals surface area contributed by atoms with Gasteiger partial charge in [0, 0.05) is 6.04 Å². The lowest BCUT2D eigenvalue weighted by molar-refractivity contribution is -0.144. The summed E-state index contributed by atoms with van der Waals surface area (Å²) in [6.45, 7) is 5.10. The second-order valence-corrected chi connectivity index (χ2v) is 3.81. The number of carboxylic acid groups (broad SMARTS) is 1. The molecule has 1 aliphatic heterocycles. The summed E-state index contributed by atoms with van der Waals surface area (Å²) in [7, 11) is 0. The number of hydrogen-bond acceptors (Lipinski definition) is 2. The van der Waals surface area contributed by atoms with Crippen molar-refractivity contribution in [3.05, 3.63) is 0 Å². The van der Waals surface area contributed by atoms with E-state index in [2.05, 4.69) is 19.2 Å². The first-order valence-corrected chi connectivity index (χ1v) is 4.59. The zero-order valence-electron chi connectivity index (χ0n) is 7.71. The van der Waals surface area contributed by atoms with Gasteiger partial charge >= 0.3 is 5.97 Å². The summed E-state index contributed by atoms with van der Waals surface area (Å²) in [5.41, 5.74) is 0. The molecule has 2 atom stereocenters. The number of nitrogens with one attached hydrogen (secondary N) is 1. The summed E-state index contributed by atoms with van der Waals surface area (Å²) in [6.07, 6.45) is 1.81. The van der Waals surface area contributed by atoms with Gasteiger partial charge in [-0.15, -0.1) is 0 Å². The van der Waals surface area contributed by atoms with E-state index in [1.54, 1.807) is 0 Å². The number of aliphatic carboxylic acids is 1. The molecule has 0 amide bonds. The zero-order chi connectivity index (χ0) is 9.14. The SMILES string of the molecule is CC(C)[C@H]1NCCC[C@@H]1C(=O)O. The van der Waals surface area contributed by atoms with Gasteiger partial charge in [-0.05, 0) is 25.3 Å². The first kappa shape index (κ1) is 9.52. The van der Waals surface area contributed by atoms with E-state index >= 15 is 0 Å². The first-order valence-electron chi connectivity index (χ1n) is 4.59. The lowest BCUT2D eigenvalue weighted by Crippen LogP contribution is -2.47. The Kier molecular flexibility index (Phi) is 3.09. The highest BCUT2D eigenvalue weighted by Crippen LogP contribution is 2.21. The van der Waals surface area contributed by atoms with Crippen molar-refractivity contribution in [2.45, 2.75) is 32.7 Å². The van der Waals surface area contributed by atoms with Crippen LogP contribution in [0.4, 0.5) is 0 Å². The van der Waals surface area contributed by atoms with Gasteiger partial charge in [0.15, 0.2) is 0 Å². The molecule has 1 rings (SSSR count). The minimum atomic E-state index is -0.652. The van der Waals surface area contributed by atoms with Gasteiger partial charge in [0.2, 0.25) is 0 Å². The molecule has 1 heterocycles. The molecule has 0 aliphatic carbocycles. The molecular weight excluding hydrogens is 154 g/mol. The lowest BCUT2D eigenvalue weighted by Gasteiger charge is -2.32. The van der Waals surface area contributed by atoms with Crippen molar-refractivity contribution in [3.8, 4) is 0 Å². The van der Waals surface area contributed by atoms with Crippen molar-refractivity contribution in [2.24, 2.45) is 11.8 Å². The number of hydrogen-bond donors (Lipinski definition) is 2. The Morgan fingerprint density at radius 1 is 1.58 bits per heavy atom. The summed E-state index contributed by atoms with van der Waals surface area (Å²) < 4.78 is 0. The Labute approximate surface area is 73.2 Å². The smallest absolute Gasteiger partial charge is 0.308 e. The average Bonchev–Trinajstić information content (AvgIpc) is 2.04. The number of carboxylic acids is 1. The van der Waals surface area contributed by atoms with E-state index in [-0.39, 0.29) is 12.0 Å². The Bertz CT molecular complexity index is 168. The van der Waals surface area contributed by atoms with Gasteiger partial charge in [0.25, 0.3) is 0 Å². The molecule has 0 unspecified atom stereocenters. The third kappa shape index (κ3) is 1.97. The fourth-order valence-electron chi connectivity index (χ4n) is 1.89. The highest BCUT2D eigenvalue weighted by molar-refractivity contribution is 5.71. The van der Waals surface area contributed by atoms with Crippen LogP contribution in [0.2, 0.25) is 0 Å². The van der Waals surface area contributed by atoms with Crippen LogP contribution in [0.15, 0.2) is 0 Å². The Hall–Kier alpha value is -0.570. The molecule has 0 aromatic heterocycles. The van der Waals surface area contributed by atoms with Crippen LogP contribution in [0.3, 0.4) is 0 Å². The van der Waals surface area contributed by atoms with Crippen molar-refractivity contribution >= 4 is 5.97 Å². The van der Waals surface area contributed by atoms with Gasteiger partial charge in [-0.2, -0.15) is 0 Å². The molecule has 0 radical (unpaired) electrons. The van der Waals surface area contributed by atoms with Gasteiger partial charge in [0.05, 0.1) is 5.92 Å². The lowest BCUT2D eigenvalue weighted by atomic mass is 9.84. The first-order chi connectivity index (χ1) is 5.63. The number of piperidine rings is 1. The summed E-state index contributed by atoms with van der Waals surface area (Å²) in [6, 6.07) is 0.163. The molecule has 1 saturated heterocycles. The maximum atomic E-state index is 10.8. The normalized spacial score (nSPS) is 30.6. The third-order valence-corrected chi connectivity index (χ3v) is 2.54. The van der Waals surface area contributed by atoms with Crippen LogP contribution in [-0.4, -0.2) is 23.7 Å². The highest BCUT2D eigenvalue weighted by atomic mass is 16.4. The van der Waals surface area contributed by atoms with Crippen molar-refractivity contribution in [2.75, 3.05) is 6.54 Å². The minimum Gasteiger partial charge on any atom is -0.481 e. The Balaban J connectivity index is 2.60. The molecule has 12 heavy (non-hydrogen) atoms. The van der Waals surface area contributed by atoms with Gasteiger partial charge < -0.3 is 10.4 Å². The zero-order valence-corrected chi connectivity index (χ0v) is 7.71. The molecule has 3 nitrogen and oxygen atoms in total. The fraction of sp³-hybridized carbons (Fsp3) is 0.889. The quantitative estimate of drug-likeness (QED) is 0.654. The van der Waals surface area contributed by atoms with Crippen LogP contribution < -0.4 is 5.32 Å². The summed E-state index contributed by atoms with van der Waals surface area (Å²) >= 11 is 0.